The van der Waals surface area contributed by atoms with Crippen LogP contribution in [-0.2, 0) is 11.7 Å². The molecule has 6 nitrogen and oxygen atoms in total. The fraction of sp³-hybridized carbons (Fsp3) is 0.368. The molecule has 3 aromatic rings. The summed E-state index contributed by atoms with van der Waals surface area (Å²) in [5.41, 5.74) is 1.08. The molecule has 0 spiro atoms. The van der Waals surface area contributed by atoms with Gasteiger partial charge in [0.05, 0.1) is 11.2 Å². The quantitative estimate of drug-likeness (QED) is 0.669. The largest absolute Gasteiger partial charge is 0.466 e. The van der Waals surface area contributed by atoms with Crippen molar-refractivity contribution in [2.75, 3.05) is 5.32 Å². The van der Waals surface area contributed by atoms with E-state index in [0.29, 0.717) is 34.3 Å². The molecule has 0 radical (unpaired) electrons. The van der Waals surface area contributed by atoms with Gasteiger partial charge in [-0.3, -0.25) is 0 Å². The third kappa shape index (κ3) is 2.81. The Hall–Kier alpha value is -2.97. The van der Waals surface area contributed by atoms with Crippen LogP contribution in [0.1, 0.15) is 46.9 Å². The van der Waals surface area contributed by atoms with Gasteiger partial charge in [0.15, 0.2) is 0 Å². The number of hydrogen-bond acceptors (Lipinski definition) is 5. The van der Waals surface area contributed by atoms with Crippen LogP contribution >= 0.6 is 0 Å². The van der Waals surface area contributed by atoms with Crippen molar-refractivity contribution < 1.29 is 22.0 Å². The summed E-state index contributed by atoms with van der Waals surface area (Å²) < 4.78 is 52.2. The molecule has 1 aliphatic heterocycles. The number of fused-ring (bicyclic) bond motifs is 1. The number of hydrogen-bond donors (Lipinski definition) is 1. The van der Waals surface area contributed by atoms with Gasteiger partial charge in [-0.2, -0.15) is 22.8 Å². The van der Waals surface area contributed by atoms with Crippen LogP contribution in [0, 0.1) is 27.7 Å². The second-order valence-corrected chi connectivity index (χ2v) is 7.18. The molecule has 4 heterocycles. The van der Waals surface area contributed by atoms with E-state index in [0.717, 1.165) is 5.56 Å². The van der Waals surface area contributed by atoms with Crippen molar-refractivity contribution >= 4 is 11.6 Å². The summed E-state index contributed by atoms with van der Waals surface area (Å²) in [5, 5.41) is 6.79. The first-order valence-corrected chi connectivity index (χ1v) is 8.68. The van der Waals surface area contributed by atoms with E-state index in [2.05, 4.69) is 15.4 Å². The van der Waals surface area contributed by atoms with Crippen molar-refractivity contribution in [1.29, 1.82) is 0 Å². The van der Waals surface area contributed by atoms with E-state index in [-0.39, 0.29) is 5.95 Å². The molecule has 1 N–H and O–H groups in total. The Morgan fingerprint density at radius 2 is 1.68 bits per heavy atom. The van der Waals surface area contributed by atoms with Gasteiger partial charge in [-0.05, 0) is 52.8 Å². The Balaban J connectivity index is 1.96. The molecule has 0 fully saturated rings. The zero-order valence-electron chi connectivity index (χ0n) is 16.0. The van der Waals surface area contributed by atoms with Gasteiger partial charge in [0.2, 0.25) is 5.95 Å². The zero-order chi connectivity index (χ0) is 20.4. The topological polar surface area (TPSA) is 69.0 Å². The molecule has 0 bridgehead atoms. The van der Waals surface area contributed by atoms with E-state index in [1.165, 1.54) is 4.68 Å². The van der Waals surface area contributed by atoms with E-state index in [4.69, 9.17) is 8.83 Å². The fourth-order valence-corrected chi connectivity index (χ4v) is 3.65. The summed E-state index contributed by atoms with van der Waals surface area (Å²) in [6.45, 7) is 9.04. The molecule has 1 aliphatic rings. The molecular formula is C19H19F3N4O2. The Bertz CT molecular complexity index is 1100. The standard InChI is InChI=1S/C19H19F3N4O2/c1-9-6-13(11(3)27-9)15-8-18(5,14-7-10(2)28-12(14)4)24-17-23-16(19(20,21)22)25-26(15)17/h6-8H,1-5H3,(H,23,24,25)/t18-/m1/s1. The van der Waals surface area contributed by atoms with Crippen LogP contribution in [-0.4, -0.2) is 14.8 Å². The van der Waals surface area contributed by atoms with Crippen LogP contribution in [0.2, 0.25) is 0 Å². The Morgan fingerprint density at radius 1 is 1.04 bits per heavy atom. The molecule has 0 unspecified atom stereocenters. The summed E-state index contributed by atoms with van der Waals surface area (Å²) in [6.07, 6.45) is -2.83. The number of aromatic nitrogens is 3. The second kappa shape index (κ2) is 5.76. The lowest BCUT2D eigenvalue weighted by molar-refractivity contribution is -0.144. The average molecular weight is 392 g/mol. The lowest BCUT2D eigenvalue weighted by Crippen LogP contribution is -2.35. The van der Waals surface area contributed by atoms with Gasteiger partial charge in [0, 0.05) is 11.1 Å². The van der Waals surface area contributed by atoms with Crippen molar-refractivity contribution in [2.45, 2.75) is 46.3 Å². The molecule has 0 aromatic carbocycles. The Morgan fingerprint density at radius 3 is 2.21 bits per heavy atom. The van der Waals surface area contributed by atoms with Crippen LogP contribution in [0.5, 0.6) is 0 Å². The van der Waals surface area contributed by atoms with Crippen molar-refractivity contribution in [1.82, 2.24) is 14.8 Å². The van der Waals surface area contributed by atoms with E-state index in [1.54, 1.807) is 19.9 Å². The van der Waals surface area contributed by atoms with Gasteiger partial charge in [-0.15, -0.1) is 5.10 Å². The number of furan rings is 2. The Labute approximate surface area is 159 Å². The minimum atomic E-state index is -4.66. The third-order valence-corrected chi connectivity index (χ3v) is 4.80. The summed E-state index contributed by atoms with van der Waals surface area (Å²) >= 11 is 0. The molecule has 0 amide bonds. The smallest absolute Gasteiger partial charge is 0.453 e. The lowest BCUT2D eigenvalue weighted by atomic mass is 9.89. The van der Waals surface area contributed by atoms with Crippen LogP contribution in [0.4, 0.5) is 19.1 Å². The molecule has 4 rings (SSSR count). The number of aryl methyl sites for hydroxylation is 4. The maximum Gasteiger partial charge on any atom is 0.453 e. The van der Waals surface area contributed by atoms with Crippen LogP contribution in [0.15, 0.2) is 27.0 Å². The minimum absolute atomic E-state index is 0.00355. The summed E-state index contributed by atoms with van der Waals surface area (Å²) in [6, 6.07) is 3.64. The number of halogens is 3. The van der Waals surface area contributed by atoms with Crippen LogP contribution in [0.25, 0.3) is 5.70 Å². The highest BCUT2D eigenvalue weighted by Crippen LogP contribution is 2.41. The number of alkyl halides is 3. The maximum atomic E-state index is 13.3. The molecule has 9 heteroatoms. The molecule has 28 heavy (non-hydrogen) atoms. The van der Waals surface area contributed by atoms with Gasteiger partial charge < -0.3 is 14.2 Å². The summed E-state index contributed by atoms with van der Waals surface area (Å²) in [7, 11) is 0. The predicted octanol–water partition coefficient (Wildman–Crippen LogP) is 4.95. The number of anilines is 1. The number of nitrogens with zero attached hydrogens (tertiary/aromatic N) is 3. The minimum Gasteiger partial charge on any atom is -0.466 e. The third-order valence-electron chi connectivity index (χ3n) is 4.80. The molecule has 0 aliphatic carbocycles. The maximum absolute atomic E-state index is 13.3. The van der Waals surface area contributed by atoms with Gasteiger partial charge in [0.1, 0.15) is 23.0 Å². The monoisotopic (exact) mass is 392 g/mol. The first-order valence-electron chi connectivity index (χ1n) is 8.68. The summed E-state index contributed by atoms with van der Waals surface area (Å²) in [5.74, 6) is 1.42. The fourth-order valence-electron chi connectivity index (χ4n) is 3.65. The van der Waals surface area contributed by atoms with E-state index in [1.807, 2.05) is 32.9 Å². The average Bonchev–Trinajstić information content (AvgIpc) is 3.23. The molecule has 0 saturated heterocycles. The first kappa shape index (κ1) is 18.4. The Kier molecular flexibility index (Phi) is 3.79. The lowest BCUT2D eigenvalue weighted by Gasteiger charge is -2.33. The van der Waals surface area contributed by atoms with Gasteiger partial charge in [-0.25, -0.2) is 0 Å². The highest BCUT2D eigenvalue weighted by Gasteiger charge is 2.41. The molecule has 148 valence electrons. The molecule has 3 aromatic heterocycles. The van der Waals surface area contributed by atoms with E-state index in [9.17, 15) is 13.2 Å². The number of rotatable bonds is 2. The molecular weight excluding hydrogens is 373 g/mol. The predicted molar refractivity (Wildman–Crippen MR) is 95.7 cm³/mol. The molecule has 1 atom stereocenters. The van der Waals surface area contributed by atoms with Crippen LogP contribution < -0.4 is 5.32 Å². The van der Waals surface area contributed by atoms with Crippen LogP contribution in [0.3, 0.4) is 0 Å². The zero-order valence-corrected chi connectivity index (χ0v) is 16.0. The van der Waals surface area contributed by atoms with Crippen molar-refractivity contribution in [3.63, 3.8) is 0 Å². The SMILES string of the molecule is Cc1cc(C2=C[C@](C)(c3cc(C)oc3C)Nc3nc(C(F)(F)F)nn32)c(C)o1. The highest BCUT2D eigenvalue weighted by molar-refractivity contribution is 5.74. The van der Waals surface area contributed by atoms with Gasteiger partial charge in [0.25, 0.3) is 5.82 Å². The van der Waals surface area contributed by atoms with Crippen molar-refractivity contribution in [3.05, 3.63) is 58.2 Å². The molecule has 0 saturated carbocycles. The first-order chi connectivity index (χ1) is 13.0. The number of nitrogens with one attached hydrogen (secondary N) is 1. The van der Waals surface area contributed by atoms with Gasteiger partial charge >= 0.3 is 6.18 Å². The van der Waals surface area contributed by atoms with E-state index < -0.39 is 17.5 Å². The highest BCUT2D eigenvalue weighted by atomic mass is 19.4. The summed E-state index contributed by atoms with van der Waals surface area (Å²) in [4.78, 5) is 3.71. The normalized spacial score (nSPS) is 19.4. The van der Waals surface area contributed by atoms with Crippen molar-refractivity contribution in [2.24, 2.45) is 0 Å². The van der Waals surface area contributed by atoms with Crippen molar-refractivity contribution in [3.8, 4) is 0 Å². The van der Waals surface area contributed by atoms with E-state index >= 15 is 0 Å². The second-order valence-electron chi connectivity index (χ2n) is 7.18. The van der Waals surface area contributed by atoms with Gasteiger partial charge in [-0.1, -0.05) is 0 Å².